The molecule has 2 aliphatic heterocycles. The number of nitrogens with zero attached hydrogens (tertiary/aromatic N) is 3. The first-order chi connectivity index (χ1) is 16.3. The molecule has 2 saturated heterocycles. The Morgan fingerprint density at radius 1 is 1.18 bits per heavy atom. The summed E-state index contributed by atoms with van der Waals surface area (Å²) in [6.45, 7) is 10.7. The van der Waals surface area contributed by atoms with Crippen LogP contribution in [0.3, 0.4) is 0 Å². The maximum Gasteiger partial charge on any atom is 0.246 e. The van der Waals surface area contributed by atoms with Gasteiger partial charge in [-0.3, -0.25) is 23.9 Å². The lowest BCUT2D eigenvalue weighted by molar-refractivity contribution is -0.161. The van der Waals surface area contributed by atoms with Crippen LogP contribution in [0.1, 0.15) is 70.2 Å². The molecule has 2 amide bonds. The minimum atomic E-state index is -0.746. The van der Waals surface area contributed by atoms with Crippen molar-refractivity contribution in [3.8, 4) is 0 Å². The number of benzene rings is 1. The molecule has 0 aliphatic carbocycles. The molecule has 1 N–H and O–H groups in total. The Bertz CT molecular complexity index is 1070. The van der Waals surface area contributed by atoms with E-state index in [2.05, 4.69) is 37.1 Å². The Hall–Kier alpha value is -2.67. The standard InChI is InChI=1S/C27H38N4O3/c1-5-6-13-31-25(33)23(16-19(2)3)28-26(34)27(31)11-14-29(15-12-27)17-21-18-30(20(4)32)24-10-8-7-9-22(21)24/h7-10,18-19,23H,5-6,11-17H2,1-4H3,(H,28,34). The van der Waals surface area contributed by atoms with Crippen molar-refractivity contribution in [3.05, 3.63) is 36.0 Å². The fourth-order valence-electron chi connectivity index (χ4n) is 5.60. The van der Waals surface area contributed by atoms with Gasteiger partial charge in [0.05, 0.1) is 5.52 Å². The van der Waals surface area contributed by atoms with E-state index in [1.54, 1.807) is 11.5 Å². The van der Waals surface area contributed by atoms with Gasteiger partial charge in [0.15, 0.2) is 0 Å². The lowest BCUT2D eigenvalue weighted by atomic mass is 9.80. The molecule has 7 nitrogen and oxygen atoms in total. The molecule has 0 bridgehead atoms. The van der Waals surface area contributed by atoms with E-state index in [1.165, 1.54) is 0 Å². The molecule has 1 spiro atoms. The van der Waals surface area contributed by atoms with Crippen LogP contribution >= 0.6 is 0 Å². The van der Waals surface area contributed by atoms with Crippen molar-refractivity contribution in [2.24, 2.45) is 5.92 Å². The average molecular weight is 467 g/mol. The molecule has 0 radical (unpaired) electrons. The molecule has 2 aliphatic rings. The summed E-state index contributed by atoms with van der Waals surface area (Å²) in [5, 5.41) is 4.17. The first-order valence-corrected chi connectivity index (χ1v) is 12.7. The molecule has 7 heteroatoms. The Morgan fingerprint density at radius 3 is 2.53 bits per heavy atom. The van der Waals surface area contributed by atoms with E-state index in [9.17, 15) is 14.4 Å². The number of likely N-dealkylation sites (tertiary alicyclic amines) is 1. The lowest BCUT2D eigenvalue weighted by Gasteiger charge is -2.52. The number of aromatic nitrogens is 1. The van der Waals surface area contributed by atoms with Crippen LogP contribution in [-0.4, -0.2) is 63.3 Å². The van der Waals surface area contributed by atoms with Gasteiger partial charge in [0.1, 0.15) is 11.6 Å². The van der Waals surface area contributed by atoms with Crippen molar-refractivity contribution in [1.82, 2.24) is 19.7 Å². The number of hydrogen-bond donors (Lipinski definition) is 1. The zero-order chi connectivity index (χ0) is 24.5. The molecule has 1 aromatic heterocycles. The Morgan fingerprint density at radius 2 is 1.88 bits per heavy atom. The van der Waals surface area contributed by atoms with Crippen molar-refractivity contribution < 1.29 is 14.4 Å². The topological polar surface area (TPSA) is 74.7 Å². The zero-order valence-corrected chi connectivity index (χ0v) is 21.0. The zero-order valence-electron chi connectivity index (χ0n) is 21.0. The molecular formula is C27H38N4O3. The third kappa shape index (κ3) is 4.50. The van der Waals surface area contributed by atoms with Crippen LogP contribution in [0.25, 0.3) is 10.9 Å². The molecule has 1 aromatic carbocycles. The molecule has 4 rings (SSSR count). The van der Waals surface area contributed by atoms with E-state index in [4.69, 9.17) is 0 Å². The number of rotatable bonds is 7. The first-order valence-electron chi connectivity index (χ1n) is 12.7. The van der Waals surface area contributed by atoms with Gasteiger partial charge in [0.25, 0.3) is 0 Å². The van der Waals surface area contributed by atoms with Crippen LogP contribution in [0.4, 0.5) is 0 Å². The van der Waals surface area contributed by atoms with Crippen LogP contribution < -0.4 is 5.32 Å². The maximum atomic E-state index is 13.4. The van der Waals surface area contributed by atoms with Crippen molar-refractivity contribution in [1.29, 1.82) is 0 Å². The number of piperidine rings is 1. The van der Waals surface area contributed by atoms with Gasteiger partial charge in [-0.15, -0.1) is 0 Å². The Kier molecular flexibility index (Phi) is 7.12. The summed E-state index contributed by atoms with van der Waals surface area (Å²) in [5.74, 6) is 0.441. The Labute approximate surface area is 202 Å². The summed E-state index contributed by atoms with van der Waals surface area (Å²) in [4.78, 5) is 43.2. The molecule has 184 valence electrons. The summed E-state index contributed by atoms with van der Waals surface area (Å²) in [6, 6.07) is 7.57. The summed E-state index contributed by atoms with van der Waals surface area (Å²) < 4.78 is 1.71. The third-order valence-electron chi connectivity index (χ3n) is 7.46. The summed E-state index contributed by atoms with van der Waals surface area (Å²) in [6.07, 6.45) is 5.78. The van der Waals surface area contributed by atoms with E-state index in [-0.39, 0.29) is 17.7 Å². The quantitative estimate of drug-likeness (QED) is 0.673. The van der Waals surface area contributed by atoms with Gasteiger partial charge in [-0.05, 0) is 43.2 Å². The van der Waals surface area contributed by atoms with Gasteiger partial charge in [-0.1, -0.05) is 45.4 Å². The highest BCUT2D eigenvalue weighted by Gasteiger charge is 2.53. The van der Waals surface area contributed by atoms with Gasteiger partial charge >= 0.3 is 0 Å². The number of para-hydroxylation sites is 1. The number of carbonyl (C=O) groups is 3. The molecule has 1 unspecified atom stereocenters. The van der Waals surface area contributed by atoms with Gasteiger partial charge in [0, 0.05) is 44.7 Å². The van der Waals surface area contributed by atoms with Crippen LogP contribution in [0.15, 0.2) is 30.5 Å². The van der Waals surface area contributed by atoms with E-state index in [0.29, 0.717) is 31.7 Å². The van der Waals surface area contributed by atoms with Gasteiger partial charge in [-0.2, -0.15) is 0 Å². The van der Waals surface area contributed by atoms with E-state index >= 15 is 0 Å². The van der Waals surface area contributed by atoms with Gasteiger partial charge in [-0.25, -0.2) is 0 Å². The predicted octanol–water partition coefficient (Wildman–Crippen LogP) is 3.81. The SMILES string of the molecule is CCCCN1C(=O)C(CC(C)C)NC(=O)C12CCN(Cc1cn(C(C)=O)c3ccccc13)CC2. The van der Waals surface area contributed by atoms with Gasteiger partial charge < -0.3 is 10.2 Å². The summed E-state index contributed by atoms with van der Waals surface area (Å²) in [5.41, 5.74) is 1.30. The molecule has 1 atom stereocenters. The Balaban J connectivity index is 1.52. The van der Waals surface area contributed by atoms with Crippen LogP contribution in [0.5, 0.6) is 0 Å². The lowest BCUT2D eigenvalue weighted by Crippen LogP contribution is -2.73. The normalized spacial score (nSPS) is 21.0. The predicted molar refractivity (Wildman–Crippen MR) is 133 cm³/mol. The second kappa shape index (κ2) is 9.90. The molecule has 34 heavy (non-hydrogen) atoms. The van der Waals surface area contributed by atoms with Crippen LogP contribution in [-0.2, 0) is 16.1 Å². The number of hydrogen-bond acceptors (Lipinski definition) is 4. The maximum absolute atomic E-state index is 13.4. The molecule has 2 aromatic rings. The third-order valence-corrected chi connectivity index (χ3v) is 7.46. The fourth-order valence-corrected chi connectivity index (χ4v) is 5.60. The largest absolute Gasteiger partial charge is 0.342 e. The van der Waals surface area contributed by atoms with E-state index in [1.807, 2.05) is 29.3 Å². The fraction of sp³-hybridized carbons (Fsp3) is 0.593. The molecule has 2 fully saturated rings. The van der Waals surface area contributed by atoms with E-state index < -0.39 is 11.6 Å². The molecule has 0 saturated carbocycles. The number of unbranched alkanes of at least 4 members (excludes halogenated alkanes) is 1. The molecular weight excluding hydrogens is 428 g/mol. The van der Waals surface area contributed by atoms with Crippen LogP contribution in [0, 0.1) is 5.92 Å². The summed E-state index contributed by atoms with van der Waals surface area (Å²) >= 11 is 0. The molecule has 3 heterocycles. The number of nitrogens with one attached hydrogen (secondary N) is 1. The van der Waals surface area contributed by atoms with Crippen molar-refractivity contribution >= 4 is 28.6 Å². The van der Waals surface area contributed by atoms with Crippen molar-refractivity contribution in [2.45, 2.75) is 77.9 Å². The van der Waals surface area contributed by atoms with Crippen molar-refractivity contribution in [3.63, 3.8) is 0 Å². The monoisotopic (exact) mass is 466 g/mol. The van der Waals surface area contributed by atoms with E-state index in [0.717, 1.165) is 48.9 Å². The average Bonchev–Trinajstić information content (AvgIpc) is 3.17. The number of fused-ring (bicyclic) bond motifs is 1. The van der Waals surface area contributed by atoms with Gasteiger partial charge in [0.2, 0.25) is 17.7 Å². The number of amides is 2. The first kappa shape index (κ1) is 24.5. The van der Waals surface area contributed by atoms with Crippen LogP contribution in [0.2, 0.25) is 0 Å². The smallest absolute Gasteiger partial charge is 0.246 e. The minimum absolute atomic E-state index is 0.0000426. The highest BCUT2D eigenvalue weighted by molar-refractivity contribution is 6.00. The second-order valence-electron chi connectivity index (χ2n) is 10.4. The second-order valence-corrected chi connectivity index (χ2v) is 10.4. The minimum Gasteiger partial charge on any atom is -0.342 e. The highest BCUT2D eigenvalue weighted by Crippen LogP contribution is 2.35. The van der Waals surface area contributed by atoms with Crippen molar-refractivity contribution in [2.75, 3.05) is 19.6 Å². The number of piperazine rings is 1. The summed E-state index contributed by atoms with van der Waals surface area (Å²) in [7, 11) is 0. The highest BCUT2D eigenvalue weighted by atomic mass is 16.2. The number of carbonyl (C=O) groups excluding carboxylic acids is 3.